The molecule has 0 saturated heterocycles. The van der Waals surface area contributed by atoms with Gasteiger partial charge in [0.2, 0.25) is 0 Å². The molecule has 1 aliphatic heterocycles. The van der Waals surface area contributed by atoms with Crippen molar-refractivity contribution in [2.24, 2.45) is 11.1 Å². The lowest BCUT2D eigenvalue weighted by Gasteiger charge is -2.31. The highest BCUT2D eigenvalue weighted by Gasteiger charge is 2.34. The molecule has 39 heavy (non-hydrogen) atoms. The van der Waals surface area contributed by atoms with Crippen LogP contribution in [-0.2, 0) is 17.8 Å². The van der Waals surface area contributed by atoms with E-state index in [1.165, 1.54) is 13.2 Å². The number of hydrogen-bond acceptors (Lipinski definition) is 6. The molecule has 0 radical (unpaired) electrons. The van der Waals surface area contributed by atoms with Gasteiger partial charge in [0.1, 0.15) is 11.8 Å². The molecule has 2 N–H and O–H groups in total. The van der Waals surface area contributed by atoms with Crippen LogP contribution in [0.3, 0.4) is 0 Å². The van der Waals surface area contributed by atoms with Crippen molar-refractivity contribution >= 4 is 17.6 Å². The number of urea groups is 1. The molecular formula is C29H38FN5O4. The number of aryl methyl sites for hydroxylation is 1. The molecule has 4 rings (SSSR count). The Morgan fingerprint density at radius 2 is 1.92 bits per heavy atom. The quantitative estimate of drug-likeness (QED) is 0.519. The number of halogens is 1. The van der Waals surface area contributed by atoms with Crippen LogP contribution < -0.4 is 15.4 Å². The number of ether oxygens (including phenoxy) is 1. The van der Waals surface area contributed by atoms with Crippen LogP contribution in [0.5, 0.6) is 5.75 Å². The van der Waals surface area contributed by atoms with Crippen molar-refractivity contribution < 1.29 is 23.6 Å². The first-order valence-corrected chi connectivity index (χ1v) is 13.5. The standard InChI is InChI=1S/C29H38FN5O4/c1-6-21-17(2)32-24(14-22(21)28(36)31-16-18-7-12-23(30)27(13-18)38-5)25-15-26(39-34-25)19-8-10-20(11-9-19)33-29(37)35(3)4/h7,12-14,19-20,26H,6,8-11,15-16H2,1-5H3,(H,31,36)(H,33,37). The zero-order valence-electron chi connectivity index (χ0n) is 23.3. The SMILES string of the molecule is CCc1c(C(=O)NCc2ccc(F)c(OC)c2)cc(C2=NOC(C3CCC(NC(=O)N(C)C)CC3)C2)nc1C. The first-order valence-electron chi connectivity index (χ1n) is 13.5. The maximum absolute atomic E-state index is 13.7. The van der Waals surface area contributed by atoms with E-state index in [-0.39, 0.29) is 36.4 Å². The average molecular weight is 540 g/mol. The predicted molar refractivity (Wildman–Crippen MR) is 146 cm³/mol. The summed E-state index contributed by atoms with van der Waals surface area (Å²) in [5.74, 6) is -0.183. The van der Waals surface area contributed by atoms with Gasteiger partial charge in [0, 0.05) is 44.4 Å². The molecular weight excluding hydrogens is 501 g/mol. The second kappa shape index (κ2) is 12.4. The Morgan fingerprint density at radius 1 is 1.18 bits per heavy atom. The number of nitrogens with one attached hydrogen (secondary N) is 2. The summed E-state index contributed by atoms with van der Waals surface area (Å²) in [6, 6.07) is 6.44. The number of rotatable bonds is 8. The van der Waals surface area contributed by atoms with Crippen molar-refractivity contribution in [2.75, 3.05) is 21.2 Å². The molecule has 210 valence electrons. The van der Waals surface area contributed by atoms with Gasteiger partial charge in [0.25, 0.3) is 5.91 Å². The zero-order chi connectivity index (χ0) is 28.1. The average Bonchev–Trinajstić information content (AvgIpc) is 3.42. The number of hydrogen-bond donors (Lipinski definition) is 2. The molecule has 1 unspecified atom stereocenters. The molecule has 2 aliphatic rings. The van der Waals surface area contributed by atoms with E-state index in [0.717, 1.165) is 48.2 Å². The minimum absolute atomic E-state index is 0.0378. The fourth-order valence-corrected chi connectivity index (χ4v) is 5.33. The van der Waals surface area contributed by atoms with Gasteiger partial charge in [0.15, 0.2) is 11.6 Å². The molecule has 9 nitrogen and oxygen atoms in total. The van der Waals surface area contributed by atoms with E-state index in [2.05, 4.69) is 15.8 Å². The maximum atomic E-state index is 13.7. The summed E-state index contributed by atoms with van der Waals surface area (Å²) in [6.07, 6.45) is 4.98. The summed E-state index contributed by atoms with van der Waals surface area (Å²) in [5, 5.41) is 10.4. The van der Waals surface area contributed by atoms with Gasteiger partial charge in [-0.05, 0) is 74.3 Å². The summed E-state index contributed by atoms with van der Waals surface area (Å²) in [6.45, 7) is 4.13. The van der Waals surface area contributed by atoms with E-state index in [1.807, 2.05) is 13.8 Å². The van der Waals surface area contributed by atoms with Gasteiger partial charge in [-0.2, -0.15) is 0 Å². The van der Waals surface area contributed by atoms with Gasteiger partial charge >= 0.3 is 6.03 Å². The van der Waals surface area contributed by atoms with E-state index >= 15 is 0 Å². The van der Waals surface area contributed by atoms with Gasteiger partial charge in [-0.15, -0.1) is 0 Å². The number of nitrogens with zero attached hydrogens (tertiary/aromatic N) is 3. The topological polar surface area (TPSA) is 105 Å². The van der Waals surface area contributed by atoms with Gasteiger partial charge in [0.05, 0.1) is 12.8 Å². The molecule has 1 fully saturated rings. The largest absolute Gasteiger partial charge is 0.494 e. The Balaban J connectivity index is 1.40. The lowest BCUT2D eigenvalue weighted by molar-refractivity contribution is 0.0237. The molecule has 1 aromatic carbocycles. The second-order valence-corrected chi connectivity index (χ2v) is 10.5. The Hall–Kier alpha value is -3.69. The maximum Gasteiger partial charge on any atom is 0.317 e. The van der Waals surface area contributed by atoms with E-state index < -0.39 is 5.82 Å². The number of aromatic nitrogens is 1. The van der Waals surface area contributed by atoms with Gasteiger partial charge in [-0.1, -0.05) is 18.1 Å². The van der Waals surface area contributed by atoms with E-state index in [0.29, 0.717) is 30.0 Å². The van der Waals surface area contributed by atoms with E-state index in [1.54, 1.807) is 37.2 Å². The summed E-state index contributed by atoms with van der Waals surface area (Å²) in [5.41, 5.74) is 4.34. The molecule has 10 heteroatoms. The smallest absolute Gasteiger partial charge is 0.317 e. The van der Waals surface area contributed by atoms with Crippen LogP contribution in [0.25, 0.3) is 0 Å². The highest BCUT2D eigenvalue weighted by molar-refractivity contribution is 6.03. The summed E-state index contributed by atoms with van der Waals surface area (Å²) >= 11 is 0. The molecule has 1 aromatic heterocycles. The Labute approximate surface area is 229 Å². The molecule has 2 aromatic rings. The van der Waals surface area contributed by atoms with Crippen molar-refractivity contribution in [2.45, 2.75) is 71.1 Å². The van der Waals surface area contributed by atoms with Crippen LogP contribution in [0, 0.1) is 18.7 Å². The molecule has 1 saturated carbocycles. The normalized spacial score (nSPS) is 20.6. The molecule has 3 amide bonds. The van der Waals surface area contributed by atoms with E-state index in [4.69, 9.17) is 14.6 Å². The van der Waals surface area contributed by atoms with Crippen molar-refractivity contribution in [1.29, 1.82) is 0 Å². The van der Waals surface area contributed by atoms with E-state index in [9.17, 15) is 14.0 Å². The molecule has 1 aliphatic carbocycles. The van der Waals surface area contributed by atoms with Crippen molar-refractivity contribution in [1.82, 2.24) is 20.5 Å². The van der Waals surface area contributed by atoms with Crippen LogP contribution in [-0.4, -0.2) is 60.9 Å². The number of methoxy groups -OCH3 is 1. The van der Waals surface area contributed by atoms with Crippen LogP contribution in [0.15, 0.2) is 29.4 Å². The number of carbonyl (C=O) groups is 2. The van der Waals surface area contributed by atoms with Gasteiger partial charge < -0.3 is 25.1 Å². The monoisotopic (exact) mass is 539 g/mol. The molecule has 1 atom stereocenters. The third-order valence-corrected chi connectivity index (χ3v) is 7.62. The van der Waals surface area contributed by atoms with Crippen LogP contribution in [0.4, 0.5) is 9.18 Å². The Bertz CT molecular complexity index is 1240. The van der Waals surface area contributed by atoms with Crippen LogP contribution in [0.1, 0.15) is 71.9 Å². The number of oxime groups is 1. The zero-order valence-corrected chi connectivity index (χ0v) is 23.3. The first kappa shape index (κ1) is 28.3. The highest BCUT2D eigenvalue weighted by Crippen LogP contribution is 2.33. The molecule has 0 bridgehead atoms. The lowest BCUT2D eigenvalue weighted by atomic mass is 9.81. The Kier molecular flexibility index (Phi) is 9.04. The van der Waals surface area contributed by atoms with Gasteiger partial charge in [-0.3, -0.25) is 9.78 Å². The minimum Gasteiger partial charge on any atom is -0.494 e. The highest BCUT2D eigenvalue weighted by atomic mass is 19.1. The van der Waals surface area contributed by atoms with Crippen molar-refractivity contribution in [3.8, 4) is 5.75 Å². The van der Waals surface area contributed by atoms with Crippen LogP contribution >= 0.6 is 0 Å². The third kappa shape index (κ3) is 6.66. The predicted octanol–water partition coefficient (Wildman–Crippen LogP) is 4.35. The summed E-state index contributed by atoms with van der Waals surface area (Å²) < 4.78 is 18.8. The minimum atomic E-state index is -0.447. The first-order chi connectivity index (χ1) is 18.7. The number of pyridine rings is 1. The fraction of sp³-hybridized carbons (Fsp3) is 0.517. The van der Waals surface area contributed by atoms with Crippen molar-refractivity contribution in [3.05, 3.63) is 58.2 Å². The Morgan fingerprint density at radius 3 is 2.59 bits per heavy atom. The summed E-state index contributed by atoms with van der Waals surface area (Å²) in [4.78, 5) is 37.4. The number of amides is 3. The summed E-state index contributed by atoms with van der Waals surface area (Å²) in [7, 11) is 4.90. The number of benzene rings is 1. The third-order valence-electron chi connectivity index (χ3n) is 7.62. The molecule has 2 heterocycles. The lowest BCUT2D eigenvalue weighted by Crippen LogP contribution is -2.43. The number of carbonyl (C=O) groups excluding carboxylic acids is 2. The van der Waals surface area contributed by atoms with Crippen molar-refractivity contribution in [3.63, 3.8) is 0 Å². The second-order valence-electron chi connectivity index (χ2n) is 10.5. The van der Waals surface area contributed by atoms with Gasteiger partial charge in [-0.25, -0.2) is 9.18 Å². The molecule has 0 spiro atoms. The van der Waals surface area contributed by atoms with Crippen LogP contribution in [0.2, 0.25) is 0 Å². The fourth-order valence-electron chi connectivity index (χ4n) is 5.33.